The van der Waals surface area contributed by atoms with Crippen LogP contribution < -0.4 is 10.6 Å². The SMILES string of the molecule is C[C@@H]([NH2+]CC(=O)Nc1cccc(C#N)c1)c1ccc(F)c(F)c1. The molecule has 3 N–H and O–H groups in total. The first kappa shape index (κ1) is 16.6. The fourth-order valence-electron chi connectivity index (χ4n) is 2.09. The largest absolute Gasteiger partial charge is 0.333 e. The van der Waals surface area contributed by atoms with Crippen LogP contribution in [-0.2, 0) is 4.79 Å². The van der Waals surface area contributed by atoms with Crippen molar-refractivity contribution >= 4 is 11.6 Å². The van der Waals surface area contributed by atoms with E-state index in [4.69, 9.17) is 5.26 Å². The van der Waals surface area contributed by atoms with E-state index in [1.165, 1.54) is 6.07 Å². The predicted molar refractivity (Wildman–Crippen MR) is 81.4 cm³/mol. The molecule has 2 aromatic rings. The number of nitrogens with two attached hydrogens (primary N) is 1. The number of nitrogens with one attached hydrogen (secondary N) is 1. The fraction of sp³-hybridized carbons (Fsp3) is 0.176. The van der Waals surface area contributed by atoms with Gasteiger partial charge in [0, 0.05) is 11.3 Å². The molecule has 1 atom stereocenters. The number of carbonyl (C=O) groups excluding carboxylic acids is 1. The summed E-state index contributed by atoms with van der Waals surface area (Å²) in [5.74, 6) is -2.04. The third kappa shape index (κ3) is 4.59. The Morgan fingerprint density at radius 2 is 2.04 bits per heavy atom. The lowest BCUT2D eigenvalue weighted by Gasteiger charge is -2.11. The van der Waals surface area contributed by atoms with Crippen molar-refractivity contribution in [3.05, 3.63) is 65.2 Å². The number of amides is 1. The maximum Gasteiger partial charge on any atom is 0.279 e. The van der Waals surface area contributed by atoms with Crippen molar-refractivity contribution < 1.29 is 18.9 Å². The number of benzene rings is 2. The normalized spacial score (nSPS) is 11.6. The summed E-state index contributed by atoms with van der Waals surface area (Å²) in [4.78, 5) is 11.9. The van der Waals surface area contributed by atoms with Crippen molar-refractivity contribution in [2.45, 2.75) is 13.0 Å². The quantitative estimate of drug-likeness (QED) is 0.887. The molecule has 0 heterocycles. The molecule has 0 fully saturated rings. The van der Waals surface area contributed by atoms with E-state index in [1.807, 2.05) is 6.07 Å². The number of anilines is 1. The maximum absolute atomic E-state index is 13.2. The summed E-state index contributed by atoms with van der Waals surface area (Å²) in [6.45, 7) is 1.92. The van der Waals surface area contributed by atoms with Crippen molar-refractivity contribution in [3.63, 3.8) is 0 Å². The van der Waals surface area contributed by atoms with E-state index in [0.717, 1.165) is 12.1 Å². The summed E-state index contributed by atoms with van der Waals surface area (Å²) in [5, 5.41) is 13.2. The van der Waals surface area contributed by atoms with Crippen LogP contribution in [0.3, 0.4) is 0 Å². The zero-order valence-electron chi connectivity index (χ0n) is 12.5. The van der Waals surface area contributed by atoms with E-state index in [-0.39, 0.29) is 18.5 Å². The second-order valence-corrected chi connectivity index (χ2v) is 5.14. The first-order chi connectivity index (χ1) is 11.0. The summed E-state index contributed by atoms with van der Waals surface area (Å²) in [6.07, 6.45) is 0. The number of carbonyl (C=O) groups is 1. The molecule has 6 heteroatoms. The van der Waals surface area contributed by atoms with E-state index in [2.05, 4.69) is 5.32 Å². The second kappa shape index (κ2) is 7.47. The van der Waals surface area contributed by atoms with Crippen LogP contribution in [0.25, 0.3) is 0 Å². The summed E-state index contributed by atoms with van der Waals surface area (Å²) in [7, 11) is 0. The van der Waals surface area contributed by atoms with Crippen LogP contribution in [0.4, 0.5) is 14.5 Å². The standard InChI is InChI=1S/C17H15F2N3O/c1-11(13-5-6-15(18)16(19)8-13)21-10-17(23)22-14-4-2-3-12(7-14)9-20/h2-8,11,21H,10H2,1H3,(H,22,23)/p+1/t11-/m1/s1. The molecule has 4 nitrogen and oxygen atoms in total. The van der Waals surface area contributed by atoms with Crippen LogP contribution in [0.1, 0.15) is 24.1 Å². The molecule has 0 aromatic heterocycles. The zero-order chi connectivity index (χ0) is 16.8. The predicted octanol–water partition coefficient (Wildman–Crippen LogP) is 2.10. The number of nitriles is 1. The van der Waals surface area contributed by atoms with Gasteiger partial charge in [0.1, 0.15) is 6.04 Å². The summed E-state index contributed by atoms with van der Waals surface area (Å²) >= 11 is 0. The molecule has 1 amide bonds. The molecule has 0 saturated heterocycles. The van der Waals surface area contributed by atoms with Crippen LogP contribution in [0.5, 0.6) is 0 Å². The van der Waals surface area contributed by atoms with Crippen LogP contribution >= 0.6 is 0 Å². The summed E-state index contributed by atoms with van der Waals surface area (Å²) in [6, 6.07) is 12.1. The molecule has 0 saturated carbocycles. The zero-order valence-corrected chi connectivity index (χ0v) is 12.5. The minimum Gasteiger partial charge on any atom is -0.333 e. The Balaban J connectivity index is 1.90. The minimum absolute atomic E-state index is 0.122. The Morgan fingerprint density at radius 3 is 2.74 bits per heavy atom. The lowest BCUT2D eigenvalue weighted by Crippen LogP contribution is -2.86. The Bertz CT molecular complexity index is 756. The molecule has 118 valence electrons. The number of hydrogen-bond donors (Lipinski definition) is 2. The van der Waals surface area contributed by atoms with Gasteiger partial charge in [-0.05, 0) is 43.3 Å². The molecule has 0 aliphatic rings. The Labute approximate surface area is 132 Å². The smallest absolute Gasteiger partial charge is 0.279 e. The summed E-state index contributed by atoms with van der Waals surface area (Å²) in [5.41, 5.74) is 1.60. The van der Waals surface area contributed by atoms with E-state index < -0.39 is 11.6 Å². The highest BCUT2D eigenvalue weighted by molar-refractivity contribution is 5.91. The molecule has 23 heavy (non-hydrogen) atoms. The van der Waals surface area contributed by atoms with Gasteiger partial charge < -0.3 is 10.6 Å². The van der Waals surface area contributed by atoms with E-state index in [9.17, 15) is 13.6 Å². The van der Waals surface area contributed by atoms with Crippen molar-refractivity contribution in [3.8, 4) is 6.07 Å². The molecule has 0 spiro atoms. The van der Waals surface area contributed by atoms with Gasteiger partial charge >= 0.3 is 0 Å². The fourth-order valence-corrected chi connectivity index (χ4v) is 2.09. The third-order valence-electron chi connectivity index (χ3n) is 3.40. The second-order valence-electron chi connectivity index (χ2n) is 5.14. The Hall–Kier alpha value is -2.78. The van der Waals surface area contributed by atoms with Crippen LogP contribution in [-0.4, -0.2) is 12.5 Å². The summed E-state index contributed by atoms with van der Waals surface area (Å²) < 4.78 is 26.1. The van der Waals surface area contributed by atoms with E-state index >= 15 is 0 Å². The van der Waals surface area contributed by atoms with Gasteiger partial charge in [-0.3, -0.25) is 4.79 Å². The molecule has 0 bridgehead atoms. The van der Waals surface area contributed by atoms with Gasteiger partial charge in [-0.1, -0.05) is 6.07 Å². The number of hydrogen-bond acceptors (Lipinski definition) is 2. The van der Waals surface area contributed by atoms with Crippen LogP contribution in [0.2, 0.25) is 0 Å². The maximum atomic E-state index is 13.2. The van der Waals surface area contributed by atoms with E-state index in [1.54, 1.807) is 36.5 Å². The molecular formula is C17H16F2N3O+. The van der Waals surface area contributed by atoms with Crippen LogP contribution in [0.15, 0.2) is 42.5 Å². The monoisotopic (exact) mass is 316 g/mol. The van der Waals surface area contributed by atoms with Crippen molar-refractivity contribution in [2.24, 2.45) is 0 Å². The molecule has 0 radical (unpaired) electrons. The first-order valence-corrected chi connectivity index (χ1v) is 7.08. The van der Waals surface area contributed by atoms with E-state index in [0.29, 0.717) is 16.8 Å². The lowest BCUT2D eigenvalue weighted by molar-refractivity contribution is -0.682. The van der Waals surface area contributed by atoms with Gasteiger partial charge in [0.25, 0.3) is 5.91 Å². The number of halogens is 2. The highest BCUT2D eigenvalue weighted by atomic mass is 19.2. The van der Waals surface area contributed by atoms with Gasteiger partial charge in [-0.25, -0.2) is 8.78 Å². The molecule has 2 rings (SSSR count). The number of rotatable bonds is 5. The average molecular weight is 316 g/mol. The number of nitrogens with zero attached hydrogens (tertiary/aromatic N) is 1. The topological polar surface area (TPSA) is 69.5 Å². The van der Waals surface area contributed by atoms with Crippen molar-refractivity contribution in [1.82, 2.24) is 0 Å². The highest BCUT2D eigenvalue weighted by Crippen LogP contribution is 2.13. The molecule has 2 aromatic carbocycles. The molecule has 0 unspecified atom stereocenters. The lowest BCUT2D eigenvalue weighted by atomic mass is 10.1. The van der Waals surface area contributed by atoms with Crippen molar-refractivity contribution in [2.75, 3.05) is 11.9 Å². The van der Waals surface area contributed by atoms with Gasteiger partial charge in [0.15, 0.2) is 18.2 Å². The molecule has 0 aliphatic heterocycles. The highest BCUT2D eigenvalue weighted by Gasteiger charge is 2.14. The molecular weight excluding hydrogens is 300 g/mol. The minimum atomic E-state index is -0.902. The number of quaternary nitrogens is 1. The van der Waals surface area contributed by atoms with Crippen molar-refractivity contribution in [1.29, 1.82) is 5.26 Å². The third-order valence-corrected chi connectivity index (χ3v) is 3.40. The van der Waals surface area contributed by atoms with Gasteiger partial charge in [-0.15, -0.1) is 0 Å². The first-order valence-electron chi connectivity index (χ1n) is 7.08. The van der Waals surface area contributed by atoms with Gasteiger partial charge in [-0.2, -0.15) is 5.26 Å². The Morgan fingerprint density at radius 1 is 1.26 bits per heavy atom. The Kier molecular flexibility index (Phi) is 5.39. The average Bonchev–Trinajstić information content (AvgIpc) is 2.55. The molecule has 0 aliphatic carbocycles. The van der Waals surface area contributed by atoms with Crippen LogP contribution in [0, 0.1) is 23.0 Å². The van der Waals surface area contributed by atoms with Gasteiger partial charge in [0.2, 0.25) is 0 Å². The van der Waals surface area contributed by atoms with Gasteiger partial charge in [0.05, 0.1) is 11.6 Å².